The van der Waals surface area contributed by atoms with E-state index in [1.54, 1.807) is 6.07 Å². The highest BCUT2D eigenvalue weighted by molar-refractivity contribution is 5.87. The molecule has 3 aromatic rings. The Kier molecular flexibility index (Phi) is 6.44. The number of rotatable bonds is 7. The molecule has 0 heterocycles. The molecule has 6 heteroatoms. The molecule has 29 heavy (non-hydrogen) atoms. The Labute approximate surface area is 168 Å². The van der Waals surface area contributed by atoms with Crippen molar-refractivity contribution in [3.8, 4) is 5.75 Å². The van der Waals surface area contributed by atoms with Crippen LogP contribution in [0.25, 0.3) is 10.8 Å². The number of carbonyl (C=O) groups excluding carboxylic acids is 2. The van der Waals surface area contributed by atoms with Crippen LogP contribution in [0.2, 0.25) is 0 Å². The van der Waals surface area contributed by atoms with Crippen LogP contribution < -0.4 is 10.1 Å². The number of nitrogens with one attached hydrogen (secondary N) is 1. The van der Waals surface area contributed by atoms with Crippen molar-refractivity contribution in [3.63, 3.8) is 0 Å². The fourth-order valence-corrected chi connectivity index (χ4v) is 3.17. The van der Waals surface area contributed by atoms with E-state index in [9.17, 15) is 14.0 Å². The highest BCUT2D eigenvalue weighted by Gasteiger charge is 2.15. The van der Waals surface area contributed by atoms with Crippen molar-refractivity contribution in [2.75, 3.05) is 13.7 Å². The maximum atomic E-state index is 13.7. The molecular formula is C23H22FNO4. The third kappa shape index (κ3) is 5.10. The molecule has 0 aliphatic heterocycles. The van der Waals surface area contributed by atoms with Crippen molar-refractivity contribution >= 4 is 22.6 Å². The van der Waals surface area contributed by atoms with Crippen molar-refractivity contribution in [2.45, 2.75) is 19.4 Å². The zero-order valence-electron chi connectivity index (χ0n) is 16.3. The average Bonchev–Trinajstić information content (AvgIpc) is 2.72. The molecule has 0 aromatic heterocycles. The average molecular weight is 395 g/mol. The van der Waals surface area contributed by atoms with E-state index >= 15 is 0 Å². The smallest absolute Gasteiger partial charge is 0.310 e. The van der Waals surface area contributed by atoms with Gasteiger partial charge in [0, 0.05) is 0 Å². The number of ether oxygens (including phenoxy) is 2. The van der Waals surface area contributed by atoms with E-state index in [0.29, 0.717) is 5.56 Å². The monoisotopic (exact) mass is 395 g/mol. The first-order chi connectivity index (χ1) is 14.0. The molecule has 1 atom stereocenters. The Bertz CT molecular complexity index is 1030. The molecule has 0 spiro atoms. The fourth-order valence-electron chi connectivity index (χ4n) is 3.17. The summed E-state index contributed by atoms with van der Waals surface area (Å²) in [5, 5.41) is 4.98. The predicted molar refractivity (Wildman–Crippen MR) is 108 cm³/mol. The molecule has 0 aliphatic carbocycles. The summed E-state index contributed by atoms with van der Waals surface area (Å²) >= 11 is 0. The van der Waals surface area contributed by atoms with E-state index < -0.39 is 24.3 Å². The number of hydrogen-bond acceptors (Lipinski definition) is 4. The van der Waals surface area contributed by atoms with Gasteiger partial charge in [-0.15, -0.1) is 0 Å². The fraction of sp³-hybridized carbons (Fsp3) is 0.217. The van der Waals surface area contributed by atoms with Gasteiger partial charge in [-0.2, -0.15) is 0 Å². The maximum absolute atomic E-state index is 13.7. The van der Waals surface area contributed by atoms with Crippen LogP contribution in [0.5, 0.6) is 5.75 Å². The van der Waals surface area contributed by atoms with Gasteiger partial charge in [-0.1, -0.05) is 48.5 Å². The number of benzene rings is 3. The highest BCUT2D eigenvalue weighted by Crippen LogP contribution is 2.24. The number of halogens is 1. The summed E-state index contributed by atoms with van der Waals surface area (Å²) < 4.78 is 23.6. The number of carbonyl (C=O) groups is 2. The van der Waals surface area contributed by atoms with Crippen molar-refractivity contribution in [2.24, 2.45) is 0 Å². The van der Waals surface area contributed by atoms with Crippen LogP contribution in [0.15, 0.2) is 60.7 Å². The second kappa shape index (κ2) is 9.19. The van der Waals surface area contributed by atoms with Crippen LogP contribution in [-0.2, 0) is 20.7 Å². The number of methoxy groups -OCH3 is 1. The Morgan fingerprint density at radius 2 is 1.83 bits per heavy atom. The summed E-state index contributed by atoms with van der Waals surface area (Å²) in [5.41, 5.74) is 1.43. The Balaban J connectivity index is 1.54. The highest BCUT2D eigenvalue weighted by atomic mass is 19.1. The van der Waals surface area contributed by atoms with Crippen molar-refractivity contribution in [1.82, 2.24) is 5.32 Å². The van der Waals surface area contributed by atoms with Gasteiger partial charge in [0.15, 0.2) is 18.2 Å². The van der Waals surface area contributed by atoms with E-state index in [-0.39, 0.29) is 18.2 Å². The predicted octanol–water partition coefficient (Wildman–Crippen LogP) is 3.95. The number of esters is 1. The van der Waals surface area contributed by atoms with E-state index in [1.165, 1.54) is 19.2 Å². The lowest BCUT2D eigenvalue weighted by Gasteiger charge is -2.16. The van der Waals surface area contributed by atoms with Gasteiger partial charge < -0.3 is 14.8 Å². The zero-order valence-corrected chi connectivity index (χ0v) is 16.3. The SMILES string of the molecule is COc1ccc(CC(=O)OCC(=O)N[C@H](C)c2cccc3ccccc23)cc1F. The largest absolute Gasteiger partial charge is 0.494 e. The van der Waals surface area contributed by atoms with Gasteiger partial charge in [0.05, 0.1) is 19.6 Å². The van der Waals surface area contributed by atoms with E-state index in [1.807, 2.05) is 49.4 Å². The third-order valence-electron chi connectivity index (χ3n) is 4.60. The molecule has 0 unspecified atom stereocenters. The van der Waals surface area contributed by atoms with Crippen LogP contribution in [0.1, 0.15) is 24.1 Å². The summed E-state index contributed by atoms with van der Waals surface area (Å²) in [4.78, 5) is 24.1. The number of amides is 1. The Morgan fingerprint density at radius 3 is 2.59 bits per heavy atom. The molecule has 0 saturated heterocycles. The summed E-state index contributed by atoms with van der Waals surface area (Å²) in [6.45, 7) is 1.48. The van der Waals surface area contributed by atoms with Crippen molar-refractivity contribution in [3.05, 3.63) is 77.6 Å². The first kappa shape index (κ1) is 20.3. The van der Waals surface area contributed by atoms with E-state index in [0.717, 1.165) is 16.3 Å². The summed E-state index contributed by atoms with van der Waals surface area (Å²) in [6, 6.07) is 17.8. The normalized spacial score (nSPS) is 11.7. The lowest BCUT2D eigenvalue weighted by atomic mass is 10.00. The standard InChI is InChI=1S/C23H22FNO4/c1-15(18-9-5-7-17-6-3-4-8-19(17)18)25-22(26)14-29-23(27)13-16-10-11-21(28-2)20(24)12-16/h3-12,15H,13-14H2,1-2H3,(H,25,26)/t15-/m1/s1. The molecule has 150 valence electrons. The lowest BCUT2D eigenvalue weighted by molar-refractivity contribution is -0.148. The van der Waals surface area contributed by atoms with Gasteiger partial charge in [0.2, 0.25) is 0 Å². The molecule has 3 aromatic carbocycles. The summed E-state index contributed by atoms with van der Waals surface area (Å²) in [6.07, 6.45) is -0.132. The lowest BCUT2D eigenvalue weighted by Crippen LogP contribution is -2.31. The molecule has 1 amide bonds. The van der Waals surface area contributed by atoms with E-state index in [4.69, 9.17) is 9.47 Å². The first-order valence-electron chi connectivity index (χ1n) is 9.23. The number of fused-ring (bicyclic) bond motifs is 1. The maximum Gasteiger partial charge on any atom is 0.310 e. The van der Waals surface area contributed by atoms with Gasteiger partial charge in [-0.25, -0.2) is 4.39 Å². The first-order valence-corrected chi connectivity index (χ1v) is 9.23. The van der Waals surface area contributed by atoms with Gasteiger partial charge in [-0.3, -0.25) is 9.59 Å². The van der Waals surface area contributed by atoms with Gasteiger partial charge >= 0.3 is 5.97 Å². The second-order valence-electron chi connectivity index (χ2n) is 6.66. The zero-order chi connectivity index (χ0) is 20.8. The van der Waals surface area contributed by atoms with E-state index in [2.05, 4.69) is 5.32 Å². The Hall–Kier alpha value is -3.41. The molecule has 0 bridgehead atoms. The molecule has 1 N–H and O–H groups in total. The van der Waals surface area contributed by atoms with Crippen LogP contribution >= 0.6 is 0 Å². The second-order valence-corrected chi connectivity index (χ2v) is 6.66. The number of hydrogen-bond donors (Lipinski definition) is 1. The minimum atomic E-state index is -0.609. The minimum Gasteiger partial charge on any atom is -0.494 e. The molecule has 0 saturated carbocycles. The summed E-state index contributed by atoms with van der Waals surface area (Å²) in [7, 11) is 1.37. The third-order valence-corrected chi connectivity index (χ3v) is 4.60. The quantitative estimate of drug-likeness (QED) is 0.615. The van der Waals surface area contributed by atoms with Gasteiger partial charge in [0.25, 0.3) is 5.91 Å². The molecule has 3 rings (SSSR count). The minimum absolute atomic E-state index is 0.101. The van der Waals surface area contributed by atoms with Crippen LogP contribution in [0.3, 0.4) is 0 Å². The van der Waals surface area contributed by atoms with Crippen molar-refractivity contribution < 1.29 is 23.5 Å². The molecule has 0 radical (unpaired) electrons. The van der Waals surface area contributed by atoms with Crippen LogP contribution in [-0.4, -0.2) is 25.6 Å². The van der Waals surface area contributed by atoms with Crippen LogP contribution in [0, 0.1) is 5.82 Å². The van der Waals surface area contributed by atoms with Gasteiger partial charge in [-0.05, 0) is 41.0 Å². The molecule has 5 nitrogen and oxygen atoms in total. The molecule has 0 fully saturated rings. The van der Waals surface area contributed by atoms with Crippen LogP contribution in [0.4, 0.5) is 4.39 Å². The van der Waals surface area contributed by atoms with Gasteiger partial charge in [0.1, 0.15) is 0 Å². The Morgan fingerprint density at radius 1 is 1.07 bits per heavy atom. The summed E-state index contributed by atoms with van der Waals surface area (Å²) in [5.74, 6) is -1.47. The molecular weight excluding hydrogens is 373 g/mol. The topological polar surface area (TPSA) is 64.6 Å². The van der Waals surface area contributed by atoms with Crippen molar-refractivity contribution in [1.29, 1.82) is 0 Å². The molecule has 0 aliphatic rings.